The maximum absolute atomic E-state index is 12.1. The van der Waals surface area contributed by atoms with E-state index in [9.17, 15) is 14.7 Å². The molecule has 1 aromatic rings. The van der Waals surface area contributed by atoms with Gasteiger partial charge in [-0.1, -0.05) is 69.4 Å². The average molecular weight is 372 g/mol. The molecule has 0 radical (unpaired) electrons. The van der Waals surface area contributed by atoms with Crippen molar-refractivity contribution in [1.82, 2.24) is 5.32 Å². The molecule has 0 aromatic heterocycles. The average Bonchev–Trinajstić information content (AvgIpc) is 2.64. The first-order valence-corrected chi connectivity index (χ1v) is 9.84. The van der Waals surface area contributed by atoms with Gasteiger partial charge in [0.05, 0.1) is 6.04 Å². The molecule has 2 atom stereocenters. The van der Waals surface area contributed by atoms with E-state index >= 15 is 0 Å². The van der Waals surface area contributed by atoms with Gasteiger partial charge in [0.2, 0.25) is 5.91 Å². The van der Waals surface area contributed by atoms with Crippen LogP contribution in [0.25, 0.3) is 0 Å². The first-order valence-electron chi connectivity index (χ1n) is 9.84. The molecule has 4 nitrogen and oxygen atoms in total. The Morgan fingerprint density at radius 2 is 1.85 bits per heavy atom. The Hall–Kier alpha value is -2.36. The summed E-state index contributed by atoms with van der Waals surface area (Å²) in [6.07, 6.45) is 12.8. The van der Waals surface area contributed by atoms with E-state index < -0.39 is 6.04 Å². The minimum Gasteiger partial charge on any atom is -0.508 e. The SMILES string of the molecule is CCCCCC[C@H](C)/C=C(C)/C=C/C(=O)N[C@H](C=O)Cc1ccc(O)cc1. The fraction of sp³-hybridized carbons (Fsp3) is 0.478. The Morgan fingerprint density at radius 3 is 2.48 bits per heavy atom. The number of aromatic hydroxyl groups is 1. The highest BCUT2D eigenvalue weighted by Crippen LogP contribution is 2.14. The third-order valence-corrected chi connectivity index (χ3v) is 4.44. The van der Waals surface area contributed by atoms with Gasteiger partial charge in [-0.2, -0.15) is 0 Å². The zero-order valence-corrected chi connectivity index (χ0v) is 16.8. The number of rotatable bonds is 12. The number of allylic oxidation sites excluding steroid dienone is 3. The Kier molecular flexibility index (Phi) is 10.8. The van der Waals surface area contributed by atoms with Crippen LogP contribution in [0.2, 0.25) is 0 Å². The van der Waals surface area contributed by atoms with E-state index in [1.165, 1.54) is 31.8 Å². The first kappa shape index (κ1) is 22.7. The third-order valence-electron chi connectivity index (χ3n) is 4.44. The van der Waals surface area contributed by atoms with Crippen LogP contribution in [0.3, 0.4) is 0 Å². The van der Waals surface area contributed by atoms with E-state index in [1.807, 2.05) is 6.92 Å². The maximum atomic E-state index is 12.1. The largest absolute Gasteiger partial charge is 0.508 e. The molecule has 0 aliphatic rings. The molecule has 0 aliphatic carbocycles. The second-order valence-corrected chi connectivity index (χ2v) is 7.19. The summed E-state index contributed by atoms with van der Waals surface area (Å²) in [7, 11) is 0. The fourth-order valence-corrected chi connectivity index (χ4v) is 2.94. The molecule has 1 rings (SSSR count). The molecule has 0 heterocycles. The zero-order valence-electron chi connectivity index (χ0n) is 16.8. The lowest BCUT2D eigenvalue weighted by Crippen LogP contribution is -2.36. The minimum absolute atomic E-state index is 0.176. The van der Waals surface area contributed by atoms with Crippen molar-refractivity contribution in [3.8, 4) is 5.75 Å². The molecule has 27 heavy (non-hydrogen) atoms. The highest BCUT2D eigenvalue weighted by atomic mass is 16.3. The van der Waals surface area contributed by atoms with Gasteiger partial charge in [0, 0.05) is 6.08 Å². The van der Waals surface area contributed by atoms with Gasteiger partial charge < -0.3 is 15.2 Å². The van der Waals surface area contributed by atoms with Crippen LogP contribution in [0, 0.1) is 5.92 Å². The van der Waals surface area contributed by atoms with Gasteiger partial charge in [-0.3, -0.25) is 4.79 Å². The second kappa shape index (κ2) is 12.9. The van der Waals surface area contributed by atoms with Crippen LogP contribution in [-0.4, -0.2) is 23.3 Å². The van der Waals surface area contributed by atoms with Gasteiger partial charge in [0.15, 0.2) is 0 Å². The number of unbranched alkanes of at least 4 members (excludes halogenated alkanes) is 3. The van der Waals surface area contributed by atoms with Crippen molar-refractivity contribution in [2.45, 2.75) is 65.3 Å². The van der Waals surface area contributed by atoms with Gasteiger partial charge in [0.25, 0.3) is 0 Å². The summed E-state index contributed by atoms with van der Waals surface area (Å²) in [6, 6.07) is 6.02. The smallest absolute Gasteiger partial charge is 0.244 e. The van der Waals surface area contributed by atoms with Crippen LogP contribution in [0.5, 0.6) is 5.75 Å². The van der Waals surface area contributed by atoms with E-state index in [2.05, 4.69) is 25.2 Å². The van der Waals surface area contributed by atoms with Crippen molar-refractivity contribution >= 4 is 12.2 Å². The molecule has 4 heteroatoms. The van der Waals surface area contributed by atoms with E-state index in [1.54, 1.807) is 30.3 Å². The lowest BCUT2D eigenvalue weighted by atomic mass is 10.00. The Morgan fingerprint density at radius 1 is 1.15 bits per heavy atom. The molecule has 0 bridgehead atoms. The molecule has 1 amide bonds. The normalized spacial score (nSPS) is 14.1. The lowest BCUT2D eigenvalue weighted by molar-refractivity contribution is -0.120. The Bertz CT molecular complexity index is 632. The molecule has 2 N–H and O–H groups in total. The summed E-state index contributed by atoms with van der Waals surface area (Å²) >= 11 is 0. The van der Waals surface area contributed by atoms with Gasteiger partial charge in [-0.15, -0.1) is 0 Å². The number of nitrogens with one attached hydrogen (secondary N) is 1. The first-order chi connectivity index (χ1) is 12.9. The van der Waals surface area contributed by atoms with Crippen molar-refractivity contribution < 1.29 is 14.7 Å². The van der Waals surface area contributed by atoms with Crippen LogP contribution in [0.4, 0.5) is 0 Å². The van der Waals surface area contributed by atoms with E-state index in [0.717, 1.165) is 23.8 Å². The summed E-state index contributed by atoms with van der Waals surface area (Å²) in [5, 5.41) is 12.0. The number of hydrogen-bond donors (Lipinski definition) is 2. The molecule has 0 unspecified atom stereocenters. The van der Waals surface area contributed by atoms with E-state index in [0.29, 0.717) is 12.3 Å². The number of amides is 1. The molecule has 0 spiro atoms. The monoisotopic (exact) mass is 371 g/mol. The molecule has 0 saturated carbocycles. The predicted molar refractivity (Wildman–Crippen MR) is 111 cm³/mol. The zero-order chi connectivity index (χ0) is 20.1. The number of benzene rings is 1. The summed E-state index contributed by atoms with van der Waals surface area (Å²) in [5.74, 6) is 0.385. The lowest BCUT2D eigenvalue weighted by Gasteiger charge is -2.11. The van der Waals surface area contributed by atoms with Crippen LogP contribution in [0.15, 0.2) is 48.1 Å². The van der Waals surface area contributed by atoms with E-state index in [4.69, 9.17) is 0 Å². The fourth-order valence-electron chi connectivity index (χ4n) is 2.94. The van der Waals surface area contributed by atoms with Gasteiger partial charge >= 0.3 is 0 Å². The van der Waals surface area contributed by atoms with Crippen LogP contribution >= 0.6 is 0 Å². The summed E-state index contributed by atoms with van der Waals surface area (Å²) in [4.78, 5) is 23.3. The Balaban J connectivity index is 2.46. The summed E-state index contributed by atoms with van der Waals surface area (Å²) in [6.45, 7) is 6.40. The van der Waals surface area contributed by atoms with Crippen molar-refractivity contribution in [3.05, 3.63) is 53.6 Å². The van der Waals surface area contributed by atoms with Crippen LogP contribution in [-0.2, 0) is 16.0 Å². The standard InChI is InChI=1S/C23H33NO3/c1-4-5-6-7-8-18(2)15-19(3)9-14-23(27)24-21(17-25)16-20-10-12-22(26)13-11-20/h9-15,17-18,21,26H,4-8,16H2,1-3H3,(H,24,27)/b14-9+,19-15+/t18-,21-/m0/s1. The van der Waals surface area contributed by atoms with Crippen molar-refractivity contribution in [2.75, 3.05) is 0 Å². The van der Waals surface area contributed by atoms with Crippen LogP contribution < -0.4 is 5.32 Å². The quantitative estimate of drug-likeness (QED) is 0.242. The molecule has 0 saturated heterocycles. The highest BCUT2D eigenvalue weighted by Gasteiger charge is 2.10. The summed E-state index contributed by atoms with van der Waals surface area (Å²) < 4.78 is 0. The number of aldehydes is 1. The van der Waals surface area contributed by atoms with Crippen molar-refractivity contribution in [2.24, 2.45) is 5.92 Å². The number of phenolic OH excluding ortho intramolecular Hbond substituents is 1. The van der Waals surface area contributed by atoms with Crippen molar-refractivity contribution in [3.63, 3.8) is 0 Å². The van der Waals surface area contributed by atoms with Crippen LogP contribution in [0.1, 0.15) is 58.4 Å². The molecule has 0 fully saturated rings. The number of carbonyl (C=O) groups is 2. The molecule has 148 valence electrons. The molecular weight excluding hydrogens is 338 g/mol. The maximum Gasteiger partial charge on any atom is 0.244 e. The van der Waals surface area contributed by atoms with Gasteiger partial charge in [-0.25, -0.2) is 0 Å². The third kappa shape index (κ3) is 10.4. The number of carbonyl (C=O) groups excluding carboxylic acids is 2. The number of phenols is 1. The van der Waals surface area contributed by atoms with E-state index in [-0.39, 0.29) is 11.7 Å². The van der Waals surface area contributed by atoms with Gasteiger partial charge in [0.1, 0.15) is 12.0 Å². The predicted octanol–water partition coefficient (Wildman–Crippen LogP) is 4.73. The Labute approximate surface area is 163 Å². The van der Waals surface area contributed by atoms with Crippen molar-refractivity contribution in [1.29, 1.82) is 0 Å². The number of hydrogen-bond acceptors (Lipinski definition) is 3. The topological polar surface area (TPSA) is 66.4 Å². The summed E-state index contributed by atoms with van der Waals surface area (Å²) in [5.41, 5.74) is 1.93. The highest BCUT2D eigenvalue weighted by molar-refractivity contribution is 5.90. The molecule has 0 aliphatic heterocycles. The molecular formula is C23H33NO3. The minimum atomic E-state index is -0.589. The molecule has 1 aromatic carbocycles. The second-order valence-electron chi connectivity index (χ2n) is 7.19. The van der Waals surface area contributed by atoms with Gasteiger partial charge in [-0.05, 0) is 43.4 Å².